The van der Waals surface area contributed by atoms with Gasteiger partial charge in [0.05, 0.1) is 12.5 Å². The van der Waals surface area contributed by atoms with Crippen LogP contribution in [0, 0.1) is 0 Å². The van der Waals surface area contributed by atoms with E-state index in [-0.39, 0.29) is 18.2 Å². The van der Waals surface area contributed by atoms with Gasteiger partial charge in [0.15, 0.2) is 0 Å². The molecule has 5 nitrogen and oxygen atoms in total. The van der Waals surface area contributed by atoms with Gasteiger partial charge in [-0.15, -0.1) is 0 Å². The lowest BCUT2D eigenvalue weighted by Gasteiger charge is -2.35. The normalized spacial score (nSPS) is 18.1. The van der Waals surface area contributed by atoms with Crippen molar-refractivity contribution in [3.05, 3.63) is 48.0 Å². The Balaban J connectivity index is 2.06. The summed E-state index contributed by atoms with van der Waals surface area (Å²) in [5.41, 5.74) is 2.10. The Labute approximate surface area is 144 Å². The third-order valence-corrected chi connectivity index (χ3v) is 4.23. The van der Waals surface area contributed by atoms with Crippen LogP contribution in [0.2, 0.25) is 0 Å². The van der Waals surface area contributed by atoms with E-state index in [0.29, 0.717) is 26.2 Å². The predicted molar refractivity (Wildman–Crippen MR) is 95.3 cm³/mol. The summed E-state index contributed by atoms with van der Waals surface area (Å²) in [6.07, 6.45) is 0.208. The third kappa shape index (κ3) is 4.93. The molecule has 1 heterocycles. The Bertz CT molecular complexity index is 586. The Kier molecular flexibility index (Phi) is 6.55. The predicted octanol–water partition coefficient (Wildman–Crippen LogP) is 1.80. The lowest BCUT2D eigenvalue weighted by Crippen LogP contribution is -2.56. The molecule has 0 radical (unpaired) electrons. The summed E-state index contributed by atoms with van der Waals surface area (Å²) in [6, 6.07) is 9.64. The van der Waals surface area contributed by atoms with Crippen molar-refractivity contribution < 1.29 is 9.59 Å². The van der Waals surface area contributed by atoms with Gasteiger partial charge in [0.2, 0.25) is 11.8 Å². The van der Waals surface area contributed by atoms with Gasteiger partial charge >= 0.3 is 0 Å². The van der Waals surface area contributed by atoms with Crippen molar-refractivity contribution in [1.82, 2.24) is 15.1 Å². The topological polar surface area (TPSA) is 52.7 Å². The average Bonchev–Trinajstić information content (AvgIpc) is 2.56. The second-order valence-electron chi connectivity index (χ2n) is 6.33. The van der Waals surface area contributed by atoms with Crippen LogP contribution < -0.4 is 5.32 Å². The number of hydrogen-bond acceptors (Lipinski definition) is 3. The molecule has 1 saturated heterocycles. The van der Waals surface area contributed by atoms with E-state index >= 15 is 0 Å². The second kappa shape index (κ2) is 8.64. The van der Waals surface area contributed by atoms with E-state index in [4.69, 9.17) is 0 Å². The molecule has 0 spiro atoms. The molecule has 24 heavy (non-hydrogen) atoms. The minimum absolute atomic E-state index is 0.000566. The zero-order valence-electron chi connectivity index (χ0n) is 14.6. The maximum Gasteiger partial charge on any atom is 0.237 e. The molecule has 1 aliphatic heterocycles. The Morgan fingerprint density at radius 2 is 2.08 bits per heavy atom. The van der Waals surface area contributed by atoms with E-state index in [9.17, 15) is 9.59 Å². The highest BCUT2D eigenvalue weighted by molar-refractivity contribution is 5.89. The highest BCUT2D eigenvalue weighted by Crippen LogP contribution is 2.15. The lowest BCUT2D eigenvalue weighted by atomic mass is 10.1. The van der Waals surface area contributed by atoms with Crippen molar-refractivity contribution in [1.29, 1.82) is 0 Å². The fourth-order valence-electron chi connectivity index (χ4n) is 2.99. The first kappa shape index (κ1) is 18.2. The molecule has 1 aromatic rings. The number of rotatable bonds is 7. The van der Waals surface area contributed by atoms with Crippen molar-refractivity contribution in [3.63, 3.8) is 0 Å². The lowest BCUT2D eigenvalue weighted by molar-refractivity contribution is -0.138. The van der Waals surface area contributed by atoms with E-state index in [1.165, 1.54) is 0 Å². The smallest absolute Gasteiger partial charge is 0.237 e. The van der Waals surface area contributed by atoms with Crippen LogP contribution in [0.5, 0.6) is 0 Å². The van der Waals surface area contributed by atoms with Crippen molar-refractivity contribution in [2.75, 3.05) is 26.2 Å². The zero-order valence-corrected chi connectivity index (χ0v) is 14.6. The van der Waals surface area contributed by atoms with Crippen LogP contribution in [0.1, 0.15) is 25.8 Å². The van der Waals surface area contributed by atoms with Crippen LogP contribution in [-0.2, 0) is 16.1 Å². The second-order valence-corrected chi connectivity index (χ2v) is 6.33. The molecule has 0 aliphatic carbocycles. The van der Waals surface area contributed by atoms with Gasteiger partial charge < -0.3 is 10.2 Å². The van der Waals surface area contributed by atoms with Crippen LogP contribution >= 0.6 is 0 Å². The highest BCUT2D eigenvalue weighted by atomic mass is 16.2. The first-order valence-electron chi connectivity index (χ1n) is 8.49. The molecule has 2 rings (SSSR count). The van der Waals surface area contributed by atoms with Crippen LogP contribution in [0.15, 0.2) is 42.5 Å². The molecule has 1 atom stereocenters. The average molecular weight is 329 g/mol. The van der Waals surface area contributed by atoms with Gasteiger partial charge in [0.1, 0.15) is 0 Å². The molecule has 130 valence electrons. The summed E-state index contributed by atoms with van der Waals surface area (Å²) >= 11 is 0. The highest BCUT2D eigenvalue weighted by Gasteiger charge is 2.32. The van der Waals surface area contributed by atoms with Gasteiger partial charge in [-0.25, -0.2) is 0 Å². The number of piperazine rings is 1. The molecular weight excluding hydrogens is 302 g/mol. The van der Waals surface area contributed by atoms with E-state index in [1.807, 2.05) is 44.2 Å². The van der Waals surface area contributed by atoms with Gasteiger partial charge in [-0.2, -0.15) is 0 Å². The largest absolute Gasteiger partial charge is 0.353 e. The molecule has 1 fully saturated rings. The van der Waals surface area contributed by atoms with Crippen LogP contribution in [0.25, 0.3) is 0 Å². The Morgan fingerprint density at radius 1 is 1.38 bits per heavy atom. The fourth-order valence-corrected chi connectivity index (χ4v) is 2.99. The van der Waals surface area contributed by atoms with Crippen LogP contribution in [0.3, 0.4) is 0 Å². The number of benzene rings is 1. The van der Waals surface area contributed by atoms with Crippen molar-refractivity contribution in [3.8, 4) is 0 Å². The van der Waals surface area contributed by atoms with Gasteiger partial charge in [0.25, 0.3) is 0 Å². The first-order valence-corrected chi connectivity index (χ1v) is 8.49. The molecule has 5 heteroatoms. The minimum Gasteiger partial charge on any atom is -0.353 e. The number of amides is 2. The van der Waals surface area contributed by atoms with Crippen LogP contribution in [0.4, 0.5) is 0 Å². The number of carbonyl (C=O) groups is 2. The van der Waals surface area contributed by atoms with E-state index in [1.54, 1.807) is 4.90 Å². The molecule has 1 N–H and O–H groups in total. The van der Waals surface area contributed by atoms with Gasteiger partial charge in [-0.05, 0) is 19.4 Å². The van der Waals surface area contributed by atoms with E-state index in [0.717, 1.165) is 17.7 Å². The summed E-state index contributed by atoms with van der Waals surface area (Å²) in [4.78, 5) is 28.8. The monoisotopic (exact) mass is 329 g/mol. The van der Waals surface area contributed by atoms with E-state index < -0.39 is 6.04 Å². The SMILES string of the molecule is C=C(C)CN(CC)C(=O)C[C@H]1C(=O)NCCN1Cc1ccccc1. The quantitative estimate of drug-likeness (QED) is 0.776. The van der Waals surface area contributed by atoms with Crippen molar-refractivity contribution in [2.45, 2.75) is 32.9 Å². The maximum absolute atomic E-state index is 12.6. The molecule has 0 aromatic heterocycles. The first-order chi connectivity index (χ1) is 11.5. The van der Waals surface area contributed by atoms with E-state index in [2.05, 4.69) is 16.8 Å². The van der Waals surface area contributed by atoms with Crippen LogP contribution in [-0.4, -0.2) is 53.8 Å². The number of nitrogens with one attached hydrogen (secondary N) is 1. The molecular formula is C19H27N3O2. The van der Waals surface area contributed by atoms with Crippen molar-refractivity contribution in [2.24, 2.45) is 0 Å². The number of hydrogen-bond donors (Lipinski definition) is 1. The minimum atomic E-state index is -0.411. The van der Waals surface area contributed by atoms with Gasteiger partial charge in [-0.3, -0.25) is 14.5 Å². The van der Waals surface area contributed by atoms with Crippen molar-refractivity contribution >= 4 is 11.8 Å². The van der Waals surface area contributed by atoms with Gasteiger partial charge in [-0.1, -0.05) is 42.5 Å². The Morgan fingerprint density at radius 3 is 2.71 bits per heavy atom. The molecule has 2 amide bonds. The molecule has 1 aromatic carbocycles. The number of likely N-dealkylation sites (N-methyl/N-ethyl adjacent to an activating group) is 1. The maximum atomic E-state index is 12.6. The molecule has 0 bridgehead atoms. The molecule has 0 unspecified atom stereocenters. The molecule has 1 aliphatic rings. The summed E-state index contributed by atoms with van der Waals surface area (Å²) in [7, 11) is 0. The number of carbonyl (C=O) groups excluding carboxylic acids is 2. The molecule has 0 saturated carbocycles. The third-order valence-electron chi connectivity index (χ3n) is 4.23. The summed E-state index contributed by atoms with van der Waals surface area (Å²) in [5, 5.41) is 2.88. The summed E-state index contributed by atoms with van der Waals surface area (Å²) in [6.45, 7) is 11.0. The summed E-state index contributed by atoms with van der Waals surface area (Å²) in [5.74, 6) is -0.0579. The fraction of sp³-hybridized carbons (Fsp3) is 0.474. The standard InChI is InChI=1S/C19H27N3O2/c1-4-21(13-15(2)3)18(23)12-17-19(24)20-10-11-22(17)14-16-8-6-5-7-9-16/h5-9,17H,2,4,10-14H2,1,3H3,(H,20,24)/t17-/m0/s1. The number of nitrogens with zero attached hydrogens (tertiary/aromatic N) is 2. The van der Waals surface area contributed by atoms with Gasteiger partial charge in [0, 0.05) is 32.7 Å². The zero-order chi connectivity index (χ0) is 17.5. The Hall–Kier alpha value is -2.14. The summed E-state index contributed by atoms with van der Waals surface area (Å²) < 4.78 is 0.